The Kier molecular flexibility index (Phi) is 2.75. The molecular formula is C12H14N2O2. The van der Waals surface area contributed by atoms with E-state index in [9.17, 15) is 9.90 Å². The number of nitrogens with zero attached hydrogens (tertiary/aromatic N) is 2. The summed E-state index contributed by atoms with van der Waals surface area (Å²) in [5, 5.41) is 10.9. The van der Waals surface area contributed by atoms with Crippen molar-refractivity contribution in [2.75, 3.05) is 20.6 Å². The Morgan fingerprint density at radius 1 is 1.38 bits per heavy atom. The van der Waals surface area contributed by atoms with Crippen LogP contribution in [0, 0.1) is 0 Å². The quantitative estimate of drug-likeness (QED) is 0.754. The second-order valence-electron chi connectivity index (χ2n) is 4.12. The van der Waals surface area contributed by atoms with Gasteiger partial charge in [0.25, 0.3) is 5.91 Å². The molecule has 1 aromatic carbocycles. The van der Waals surface area contributed by atoms with Crippen LogP contribution in [0.5, 0.6) is 5.75 Å². The van der Waals surface area contributed by atoms with E-state index < -0.39 is 0 Å². The van der Waals surface area contributed by atoms with E-state index in [1.165, 1.54) is 0 Å². The van der Waals surface area contributed by atoms with E-state index >= 15 is 0 Å². The van der Waals surface area contributed by atoms with Gasteiger partial charge in [0, 0.05) is 12.1 Å². The molecule has 4 nitrogen and oxygen atoms in total. The van der Waals surface area contributed by atoms with Crippen LogP contribution in [0.15, 0.2) is 23.2 Å². The average molecular weight is 218 g/mol. The first-order chi connectivity index (χ1) is 7.59. The molecule has 1 aliphatic heterocycles. The van der Waals surface area contributed by atoms with Gasteiger partial charge < -0.3 is 10.0 Å². The lowest BCUT2D eigenvalue weighted by Gasteiger charge is -2.08. The number of fused-ring (bicyclic) bond motifs is 1. The van der Waals surface area contributed by atoms with Crippen LogP contribution in [-0.4, -0.2) is 36.6 Å². The number of hydrogen-bond acceptors (Lipinski definition) is 3. The number of phenols is 1. The molecule has 0 saturated heterocycles. The van der Waals surface area contributed by atoms with Crippen molar-refractivity contribution in [1.82, 2.24) is 4.90 Å². The van der Waals surface area contributed by atoms with Crippen molar-refractivity contribution in [1.29, 1.82) is 0 Å². The molecule has 0 aromatic heterocycles. The SMILES string of the molecule is CN(C)CCC1=c2c(O)cccc2=NC1=O. The Labute approximate surface area is 93.5 Å². The highest BCUT2D eigenvalue weighted by molar-refractivity contribution is 6.15. The Morgan fingerprint density at radius 2 is 2.12 bits per heavy atom. The number of hydrogen-bond donors (Lipinski definition) is 1. The second kappa shape index (κ2) is 4.06. The normalized spacial score (nSPS) is 14.2. The predicted molar refractivity (Wildman–Crippen MR) is 60.5 cm³/mol. The first-order valence-electron chi connectivity index (χ1n) is 5.18. The van der Waals surface area contributed by atoms with E-state index in [-0.39, 0.29) is 11.7 Å². The van der Waals surface area contributed by atoms with Crippen molar-refractivity contribution in [3.05, 3.63) is 28.8 Å². The minimum Gasteiger partial charge on any atom is -0.507 e. The largest absolute Gasteiger partial charge is 0.507 e. The lowest BCUT2D eigenvalue weighted by molar-refractivity contribution is -0.112. The molecule has 16 heavy (non-hydrogen) atoms. The molecule has 84 valence electrons. The molecule has 1 aromatic rings. The standard InChI is InChI=1S/C12H14N2O2/c1-14(2)7-6-8-11-9(13-12(8)16)4-3-5-10(11)15/h3-5,15H,6-7H2,1-2H3. The minimum absolute atomic E-state index is 0.140. The average Bonchev–Trinajstić information content (AvgIpc) is 2.52. The van der Waals surface area contributed by atoms with Gasteiger partial charge in [0.2, 0.25) is 0 Å². The summed E-state index contributed by atoms with van der Waals surface area (Å²) in [4.78, 5) is 17.6. The van der Waals surface area contributed by atoms with E-state index in [0.29, 0.717) is 22.6 Å². The molecule has 0 saturated carbocycles. The number of carbonyl (C=O) groups excluding carboxylic acids is 1. The highest BCUT2D eigenvalue weighted by atomic mass is 16.3. The van der Waals surface area contributed by atoms with Crippen LogP contribution in [0.3, 0.4) is 0 Å². The van der Waals surface area contributed by atoms with Gasteiger partial charge in [-0.1, -0.05) is 6.07 Å². The van der Waals surface area contributed by atoms with Crippen LogP contribution in [0.4, 0.5) is 0 Å². The van der Waals surface area contributed by atoms with Gasteiger partial charge in [-0.15, -0.1) is 0 Å². The lowest BCUT2D eigenvalue weighted by atomic mass is 10.1. The van der Waals surface area contributed by atoms with Crippen LogP contribution < -0.4 is 10.6 Å². The molecule has 2 rings (SSSR count). The molecule has 0 atom stereocenters. The van der Waals surface area contributed by atoms with Crippen molar-refractivity contribution in [3.8, 4) is 5.75 Å². The summed E-state index contributed by atoms with van der Waals surface area (Å²) in [6.45, 7) is 0.768. The van der Waals surface area contributed by atoms with Gasteiger partial charge in [-0.25, -0.2) is 4.99 Å². The van der Waals surface area contributed by atoms with Crippen molar-refractivity contribution >= 4 is 11.5 Å². The Hall–Kier alpha value is -1.68. The summed E-state index contributed by atoms with van der Waals surface area (Å²) in [5.74, 6) is -0.0841. The van der Waals surface area contributed by atoms with Crippen molar-refractivity contribution < 1.29 is 9.90 Å². The molecule has 0 fully saturated rings. The maximum absolute atomic E-state index is 11.7. The van der Waals surface area contributed by atoms with Crippen LogP contribution in [0.2, 0.25) is 0 Å². The van der Waals surface area contributed by atoms with Crippen molar-refractivity contribution in [3.63, 3.8) is 0 Å². The Balaban J connectivity index is 2.50. The van der Waals surface area contributed by atoms with Gasteiger partial charge in [-0.2, -0.15) is 0 Å². The first-order valence-corrected chi connectivity index (χ1v) is 5.18. The monoisotopic (exact) mass is 218 g/mol. The summed E-state index contributed by atoms with van der Waals surface area (Å²) in [6, 6.07) is 5.03. The van der Waals surface area contributed by atoms with Crippen LogP contribution in [0.1, 0.15) is 6.42 Å². The molecule has 1 aliphatic rings. The van der Waals surface area contributed by atoms with Crippen molar-refractivity contribution in [2.24, 2.45) is 4.99 Å². The molecular weight excluding hydrogens is 204 g/mol. The van der Waals surface area contributed by atoms with Gasteiger partial charge >= 0.3 is 0 Å². The smallest absolute Gasteiger partial charge is 0.274 e. The van der Waals surface area contributed by atoms with Gasteiger partial charge in [0.1, 0.15) is 5.75 Å². The first kappa shape index (κ1) is 10.8. The zero-order chi connectivity index (χ0) is 11.7. The molecule has 1 amide bonds. The van der Waals surface area contributed by atoms with Gasteiger partial charge in [0.15, 0.2) is 0 Å². The van der Waals surface area contributed by atoms with E-state index in [2.05, 4.69) is 4.99 Å². The Bertz CT molecular complexity index is 547. The van der Waals surface area contributed by atoms with Crippen LogP contribution >= 0.6 is 0 Å². The highest BCUT2D eigenvalue weighted by Crippen LogP contribution is 2.10. The molecule has 1 N–H and O–H groups in total. The maximum atomic E-state index is 11.7. The van der Waals surface area contributed by atoms with Gasteiger partial charge in [-0.05, 0) is 32.6 Å². The fourth-order valence-electron chi connectivity index (χ4n) is 1.78. The van der Waals surface area contributed by atoms with Crippen LogP contribution in [0.25, 0.3) is 5.57 Å². The number of benzene rings is 1. The fraction of sp³-hybridized carbons (Fsp3) is 0.333. The molecule has 0 unspecified atom stereocenters. The highest BCUT2D eigenvalue weighted by Gasteiger charge is 2.18. The van der Waals surface area contributed by atoms with E-state index in [1.807, 2.05) is 19.0 Å². The molecule has 4 heteroatoms. The second-order valence-corrected chi connectivity index (χ2v) is 4.12. The van der Waals surface area contributed by atoms with Crippen LogP contribution in [-0.2, 0) is 4.79 Å². The fourth-order valence-corrected chi connectivity index (χ4v) is 1.78. The third kappa shape index (κ3) is 1.84. The summed E-state index contributed by atoms with van der Waals surface area (Å²) < 4.78 is 0. The molecule has 0 spiro atoms. The Morgan fingerprint density at radius 3 is 2.81 bits per heavy atom. The molecule has 1 heterocycles. The molecule has 0 bridgehead atoms. The topological polar surface area (TPSA) is 52.9 Å². The molecule has 0 aliphatic carbocycles. The maximum Gasteiger partial charge on any atom is 0.274 e. The van der Waals surface area contributed by atoms with E-state index in [1.54, 1.807) is 18.2 Å². The zero-order valence-electron chi connectivity index (χ0n) is 9.40. The van der Waals surface area contributed by atoms with Gasteiger partial charge in [-0.3, -0.25) is 4.79 Å². The number of rotatable bonds is 3. The third-order valence-electron chi connectivity index (χ3n) is 2.61. The summed E-state index contributed by atoms with van der Waals surface area (Å²) in [6.07, 6.45) is 0.611. The third-order valence-corrected chi connectivity index (χ3v) is 2.61. The van der Waals surface area contributed by atoms with E-state index in [4.69, 9.17) is 0 Å². The number of aromatic hydroxyl groups is 1. The summed E-state index contributed by atoms with van der Waals surface area (Å²) >= 11 is 0. The minimum atomic E-state index is -0.224. The van der Waals surface area contributed by atoms with Crippen molar-refractivity contribution in [2.45, 2.75) is 6.42 Å². The summed E-state index contributed by atoms with van der Waals surface area (Å²) in [5.41, 5.74) is 0.613. The van der Waals surface area contributed by atoms with Gasteiger partial charge in [0.05, 0.1) is 10.6 Å². The zero-order valence-corrected chi connectivity index (χ0v) is 9.40. The molecule has 0 radical (unpaired) electrons. The number of amides is 1. The number of phenolic OH excluding ortho intramolecular Hbond substituents is 1. The summed E-state index contributed by atoms with van der Waals surface area (Å²) in [7, 11) is 3.89. The predicted octanol–water partition coefficient (Wildman–Crippen LogP) is -0.346. The number of carbonyl (C=O) groups is 1. The lowest BCUT2D eigenvalue weighted by Crippen LogP contribution is -2.24. The van der Waals surface area contributed by atoms with E-state index in [0.717, 1.165) is 6.54 Å².